The number of ether oxygens (including phenoxy) is 4. The van der Waals surface area contributed by atoms with Gasteiger partial charge in [0.1, 0.15) is 13.2 Å². The van der Waals surface area contributed by atoms with Crippen molar-refractivity contribution in [3.8, 4) is 0 Å². The van der Waals surface area contributed by atoms with Gasteiger partial charge in [0.25, 0.3) is 6.29 Å². The molecule has 0 amide bonds. The van der Waals surface area contributed by atoms with Gasteiger partial charge in [-0.05, 0) is 89.9 Å². The van der Waals surface area contributed by atoms with Gasteiger partial charge in [-0.1, -0.05) is 330 Å². The van der Waals surface area contributed by atoms with Crippen molar-refractivity contribution in [2.24, 2.45) is 0 Å². The Bertz CT molecular complexity index is 1740. The van der Waals surface area contributed by atoms with Crippen LogP contribution < -0.4 is 0 Å². The lowest BCUT2D eigenvalue weighted by Gasteiger charge is -2.25. The number of aliphatic carboxylic acids is 1. The largest absolute Gasteiger partial charge is 0.477 e. The Balaban J connectivity index is 4.04. The van der Waals surface area contributed by atoms with Crippen molar-refractivity contribution < 1.29 is 42.9 Å². The molecule has 89 heavy (non-hydrogen) atoms. The zero-order valence-electron chi connectivity index (χ0n) is 59.1. The van der Waals surface area contributed by atoms with Crippen LogP contribution in [-0.4, -0.2) is 87.4 Å². The summed E-state index contributed by atoms with van der Waals surface area (Å²) in [5, 5.41) is 9.76. The Morgan fingerprint density at radius 1 is 0.348 bits per heavy atom. The fourth-order valence-electron chi connectivity index (χ4n) is 10.9. The van der Waals surface area contributed by atoms with Crippen LogP contribution in [0.1, 0.15) is 348 Å². The van der Waals surface area contributed by atoms with Gasteiger partial charge in [0.2, 0.25) is 0 Å². The number of allylic oxidation sites excluding steroid dienone is 14. The molecular formula is C80H144NO8+. The molecule has 0 spiro atoms. The third-order valence-corrected chi connectivity index (χ3v) is 16.6. The summed E-state index contributed by atoms with van der Waals surface area (Å²) >= 11 is 0. The van der Waals surface area contributed by atoms with E-state index in [-0.39, 0.29) is 38.2 Å². The lowest BCUT2D eigenvalue weighted by Crippen LogP contribution is -2.40. The molecule has 516 valence electrons. The molecule has 2 unspecified atom stereocenters. The quantitative estimate of drug-likeness (QED) is 0.0211. The minimum absolute atomic E-state index is 0.180. The number of carbonyl (C=O) groups excluding carboxylic acids is 2. The van der Waals surface area contributed by atoms with Gasteiger partial charge in [-0.25, -0.2) is 4.79 Å². The van der Waals surface area contributed by atoms with E-state index in [4.69, 9.17) is 18.9 Å². The summed E-state index contributed by atoms with van der Waals surface area (Å²) in [5.41, 5.74) is 0. The van der Waals surface area contributed by atoms with Crippen LogP contribution in [0.2, 0.25) is 0 Å². The van der Waals surface area contributed by atoms with Crippen molar-refractivity contribution in [2.75, 3.05) is 47.5 Å². The van der Waals surface area contributed by atoms with Gasteiger partial charge in [-0.2, -0.15) is 0 Å². The highest BCUT2D eigenvalue weighted by Gasteiger charge is 2.25. The Morgan fingerprint density at radius 3 is 0.966 bits per heavy atom. The van der Waals surface area contributed by atoms with Crippen LogP contribution in [0.5, 0.6) is 0 Å². The molecule has 9 nitrogen and oxygen atoms in total. The lowest BCUT2D eigenvalue weighted by molar-refractivity contribution is -0.870. The first-order chi connectivity index (χ1) is 43.6. The number of hydrogen-bond acceptors (Lipinski definition) is 7. The van der Waals surface area contributed by atoms with E-state index in [1.807, 2.05) is 21.1 Å². The predicted molar refractivity (Wildman–Crippen MR) is 382 cm³/mol. The van der Waals surface area contributed by atoms with Crippen molar-refractivity contribution in [1.82, 2.24) is 0 Å². The first kappa shape index (κ1) is 85.5. The van der Waals surface area contributed by atoms with Gasteiger partial charge < -0.3 is 28.5 Å². The first-order valence-electron chi connectivity index (χ1n) is 37.8. The minimum atomic E-state index is -1.51. The Labute approximate surface area is 550 Å². The standard InChI is InChI=1S/C80H143NO8/c1-6-8-10-12-14-16-18-20-22-24-26-28-30-32-34-35-36-37-38-39-40-41-42-43-45-47-49-51-53-55-57-59-61-63-65-67-69-71-78(83)89-76(75-88-80(79(84)85)86-73-72-81(3,4)5)74-87-77(82)70-68-66-64-62-60-58-56-54-52-50-48-46-44-33-31-29-27-25-23-21-19-17-15-13-11-9-7-2/h8,10,14,16,20,22,25-28,32,34,36-37,76,80H,6-7,9,11-13,15,17-19,21,23-24,29-31,33,35,38-75H2,1-5H3/p+1/b10-8-,16-14-,22-20-,27-25-,28-26-,34-32-,37-36-. The first-order valence-corrected chi connectivity index (χ1v) is 37.8. The average Bonchev–Trinajstić information content (AvgIpc) is 3.70. The minimum Gasteiger partial charge on any atom is -0.477 e. The maximum atomic E-state index is 13.0. The summed E-state index contributed by atoms with van der Waals surface area (Å²) in [6.45, 7) is 4.81. The highest BCUT2D eigenvalue weighted by Crippen LogP contribution is 2.18. The average molecular weight is 1250 g/mol. The van der Waals surface area contributed by atoms with Gasteiger partial charge in [-0.15, -0.1) is 0 Å². The van der Waals surface area contributed by atoms with Gasteiger partial charge in [-0.3, -0.25) is 9.59 Å². The summed E-state index contributed by atoms with van der Waals surface area (Å²) in [4.78, 5) is 37.7. The number of likely N-dealkylation sites (N-methyl/N-ethyl adjacent to an activating group) is 1. The van der Waals surface area contributed by atoms with Crippen molar-refractivity contribution in [3.05, 3.63) is 85.1 Å². The van der Waals surface area contributed by atoms with E-state index in [9.17, 15) is 19.5 Å². The number of nitrogens with zero attached hydrogens (tertiary/aromatic N) is 1. The van der Waals surface area contributed by atoms with Crippen LogP contribution in [0.15, 0.2) is 85.1 Å². The molecule has 0 aromatic carbocycles. The van der Waals surface area contributed by atoms with Crippen molar-refractivity contribution in [1.29, 1.82) is 0 Å². The second kappa shape index (κ2) is 70.3. The molecule has 0 aliphatic rings. The van der Waals surface area contributed by atoms with E-state index in [1.54, 1.807) is 0 Å². The lowest BCUT2D eigenvalue weighted by atomic mass is 10.0. The monoisotopic (exact) mass is 1250 g/mol. The molecule has 0 fully saturated rings. The molecule has 0 aliphatic carbocycles. The maximum Gasteiger partial charge on any atom is 0.361 e. The van der Waals surface area contributed by atoms with E-state index < -0.39 is 18.4 Å². The third-order valence-electron chi connectivity index (χ3n) is 16.6. The second-order valence-electron chi connectivity index (χ2n) is 26.6. The molecule has 0 bridgehead atoms. The molecule has 0 radical (unpaired) electrons. The van der Waals surface area contributed by atoms with E-state index in [0.717, 1.165) is 77.0 Å². The summed E-state index contributed by atoms with van der Waals surface area (Å²) < 4.78 is 23.0. The highest BCUT2D eigenvalue weighted by atomic mass is 16.7. The Kier molecular flexibility index (Phi) is 67.6. The molecule has 0 aromatic heterocycles. The summed E-state index contributed by atoms with van der Waals surface area (Å²) in [6.07, 6.45) is 92.9. The Hall–Kier alpha value is -3.53. The number of hydrogen-bond donors (Lipinski definition) is 1. The number of quaternary nitrogens is 1. The fourth-order valence-corrected chi connectivity index (χ4v) is 10.9. The molecule has 9 heteroatoms. The second-order valence-corrected chi connectivity index (χ2v) is 26.6. The topological polar surface area (TPSA) is 108 Å². The SMILES string of the molecule is CC/C=C\C/C=C\C/C=C\C/C=C\C/C=C\C/C=C\CCCCCCCCCCCCCCCCCCCCC(=O)OC(COC(=O)CCCCCCCCCCCCCCCCC/C=C\CCCCCCCCCC)COC(OCC[N+](C)(C)C)C(=O)O. The number of rotatable bonds is 70. The van der Waals surface area contributed by atoms with Crippen molar-refractivity contribution in [2.45, 2.75) is 360 Å². The Morgan fingerprint density at radius 2 is 0.640 bits per heavy atom. The number of carboxylic acid groups (broad SMARTS) is 1. The van der Waals surface area contributed by atoms with Gasteiger partial charge in [0.05, 0.1) is 34.4 Å². The molecule has 0 aromatic rings. The number of carbonyl (C=O) groups is 3. The predicted octanol–water partition coefficient (Wildman–Crippen LogP) is 23.8. The van der Waals surface area contributed by atoms with E-state index in [0.29, 0.717) is 17.4 Å². The molecule has 0 rings (SSSR count). The molecule has 0 heterocycles. The van der Waals surface area contributed by atoms with Gasteiger partial charge in [0, 0.05) is 12.8 Å². The normalized spacial score (nSPS) is 13.1. The van der Waals surface area contributed by atoms with Crippen LogP contribution in [-0.2, 0) is 33.3 Å². The van der Waals surface area contributed by atoms with Crippen molar-refractivity contribution >= 4 is 17.9 Å². The molecule has 0 saturated heterocycles. The summed E-state index contributed by atoms with van der Waals surface area (Å²) in [5.74, 6) is -1.98. The van der Waals surface area contributed by atoms with Crippen molar-refractivity contribution in [3.63, 3.8) is 0 Å². The van der Waals surface area contributed by atoms with Crippen LogP contribution >= 0.6 is 0 Å². The summed E-state index contributed by atoms with van der Waals surface area (Å²) in [7, 11) is 5.99. The van der Waals surface area contributed by atoms with Crippen LogP contribution in [0.25, 0.3) is 0 Å². The third kappa shape index (κ3) is 71.8. The van der Waals surface area contributed by atoms with Gasteiger partial charge in [0.15, 0.2) is 6.10 Å². The van der Waals surface area contributed by atoms with Crippen LogP contribution in [0.3, 0.4) is 0 Å². The molecule has 0 saturated carbocycles. The van der Waals surface area contributed by atoms with Gasteiger partial charge >= 0.3 is 17.9 Å². The molecule has 0 aliphatic heterocycles. The molecule has 1 N–H and O–H groups in total. The summed E-state index contributed by atoms with van der Waals surface area (Å²) in [6, 6.07) is 0. The smallest absolute Gasteiger partial charge is 0.361 e. The zero-order valence-corrected chi connectivity index (χ0v) is 59.1. The maximum absolute atomic E-state index is 13.0. The van der Waals surface area contributed by atoms with Crippen LogP contribution in [0.4, 0.5) is 0 Å². The highest BCUT2D eigenvalue weighted by molar-refractivity contribution is 5.71. The van der Waals surface area contributed by atoms with E-state index in [1.165, 1.54) is 244 Å². The van der Waals surface area contributed by atoms with E-state index in [2.05, 4.69) is 98.9 Å². The molecule has 2 atom stereocenters. The fraction of sp³-hybridized carbons (Fsp3) is 0.787. The zero-order chi connectivity index (χ0) is 64.7. The van der Waals surface area contributed by atoms with Crippen LogP contribution in [0, 0.1) is 0 Å². The number of carboxylic acids is 1. The number of esters is 2. The number of unbranched alkanes of at least 4 members (excludes halogenated alkanes) is 41. The molecular weight excluding hydrogens is 1100 g/mol. The van der Waals surface area contributed by atoms with E-state index >= 15 is 0 Å².